The fourth-order valence-corrected chi connectivity index (χ4v) is 2.29. The molecule has 0 aliphatic rings. The Bertz CT molecular complexity index is 472. The van der Waals surface area contributed by atoms with Crippen LogP contribution in [-0.2, 0) is 4.79 Å². The fourth-order valence-electron chi connectivity index (χ4n) is 2.07. The van der Waals surface area contributed by atoms with E-state index in [4.69, 9.17) is 12.2 Å². The lowest BCUT2D eigenvalue weighted by molar-refractivity contribution is -0.120. The number of carbonyl (C=O) groups is 1. The highest BCUT2D eigenvalue weighted by molar-refractivity contribution is 7.80. The number of benzene rings is 1. The smallest absolute Gasteiger partial charge is 0.226 e. The summed E-state index contributed by atoms with van der Waals surface area (Å²) in [5.41, 5.74) is 4.44. The molecule has 1 aromatic rings. The number of thiocarbonyl (C=S) groups is 1. The standard InChI is InChI=1S/C15H22N2OS/c1-9(2)6-13(18)16-15(19)17-14-11(4)7-10(3)8-12(14)5/h7-9H,6H2,1-5H3,(H2,16,17,18,19). The minimum absolute atomic E-state index is 0.0464. The molecule has 0 atom stereocenters. The van der Waals surface area contributed by atoms with Crippen molar-refractivity contribution in [2.75, 3.05) is 5.32 Å². The summed E-state index contributed by atoms with van der Waals surface area (Å²) in [5, 5.41) is 6.18. The number of hydrogen-bond donors (Lipinski definition) is 2. The molecule has 0 bridgehead atoms. The van der Waals surface area contributed by atoms with Gasteiger partial charge >= 0.3 is 0 Å². The Morgan fingerprint density at radius 3 is 2.21 bits per heavy atom. The number of carbonyl (C=O) groups excluding carboxylic acids is 1. The predicted octanol–water partition coefficient (Wildman–Crippen LogP) is 3.47. The molecule has 0 spiro atoms. The summed E-state index contributed by atoms with van der Waals surface area (Å²) in [6.07, 6.45) is 0.480. The van der Waals surface area contributed by atoms with Gasteiger partial charge in [0.15, 0.2) is 5.11 Å². The first-order valence-corrected chi connectivity index (χ1v) is 6.89. The second-order valence-corrected chi connectivity index (χ2v) is 5.78. The SMILES string of the molecule is Cc1cc(C)c(NC(=S)NC(=O)CC(C)C)c(C)c1. The quantitative estimate of drug-likeness (QED) is 0.832. The average Bonchev–Trinajstić information content (AvgIpc) is 2.21. The van der Waals surface area contributed by atoms with Gasteiger partial charge in [-0.2, -0.15) is 0 Å². The fraction of sp³-hybridized carbons (Fsp3) is 0.467. The third kappa shape index (κ3) is 4.99. The van der Waals surface area contributed by atoms with Crippen LogP contribution in [0.2, 0.25) is 0 Å². The molecule has 0 aliphatic carbocycles. The van der Waals surface area contributed by atoms with Gasteiger partial charge in [-0.05, 0) is 50.0 Å². The predicted molar refractivity (Wildman–Crippen MR) is 84.5 cm³/mol. The molecule has 0 fully saturated rings. The van der Waals surface area contributed by atoms with Gasteiger partial charge in [-0.3, -0.25) is 4.79 Å². The van der Waals surface area contributed by atoms with Crippen molar-refractivity contribution in [3.05, 3.63) is 28.8 Å². The maximum absolute atomic E-state index is 11.6. The molecule has 1 rings (SSSR count). The van der Waals surface area contributed by atoms with Gasteiger partial charge in [-0.1, -0.05) is 31.5 Å². The molecule has 2 N–H and O–H groups in total. The summed E-state index contributed by atoms with van der Waals surface area (Å²) < 4.78 is 0. The average molecular weight is 278 g/mol. The van der Waals surface area contributed by atoms with Crippen LogP contribution in [-0.4, -0.2) is 11.0 Å². The highest BCUT2D eigenvalue weighted by Gasteiger charge is 2.09. The lowest BCUT2D eigenvalue weighted by Crippen LogP contribution is -2.35. The zero-order valence-electron chi connectivity index (χ0n) is 12.3. The van der Waals surface area contributed by atoms with Crippen molar-refractivity contribution in [1.29, 1.82) is 0 Å². The van der Waals surface area contributed by atoms with Crippen molar-refractivity contribution in [2.45, 2.75) is 41.0 Å². The molecular weight excluding hydrogens is 256 g/mol. The van der Waals surface area contributed by atoms with Gasteiger partial charge in [0.05, 0.1) is 0 Å². The van der Waals surface area contributed by atoms with E-state index < -0.39 is 0 Å². The van der Waals surface area contributed by atoms with Crippen LogP contribution in [0.25, 0.3) is 0 Å². The van der Waals surface area contributed by atoms with E-state index in [-0.39, 0.29) is 5.91 Å². The van der Waals surface area contributed by atoms with Gasteiger partial charge < -0.3 is 10.6 Å². The first-order valence-electron chi connectivity index (χ1n) is 6.48. The van der Waals surface area contributed by atoms with Crippen molar-refractivity contribution in [3.63, 3.8) is 0 Å². The van der Waals surface area contributed by atoms with Crippen molar-refractivity contribution >= 4 is 28.9 Å². The molecule has 0 unspecified atom stereocenters. The van der Waals surface area contributed by atoms with E-state index in [9.17, 15) is 4.79 Å². The minimum Gasteiger partial charge on any atom is -0.332 e. The molecule has 4 heteroatoms. The summed E-state index contributed by atoms with van der Waals surface area (Å²) in [6.45, 7) is 10.1. The maximum atomic E-state index is 11.6. The first-order chi connectivity index (χ1) is 8.79. The molecule has 1 aromatic carbocycles. The number of hydrogen-bond acceptors (Lipinski definition) is 2. The molecule has 0 saturated carbocycles. The second-order valence-electron chi connectivity index (χ2n) is 5.37. The zero-order valence-corrected chi connectivity index (χ0v) is 13.1. The van der Waals surface area contributed by atoms with E-state index in [1.165, 1.54) is 5.56 Å². The molecule has 104 valence electrons. The van der Waals surface area contributed by atoms with Crippen LogP contribution in [0.3, 0.4) is 0 Å². The van der Waals surface area contributed by atoms with Crippen LogP contribution < -0.4 is 10.6 Å². The summed E-state index contributed by atoms with van der Waals surface area (Å²) in [5.74, 6) is 0.278. The Morgan fingerprint density at radius 1 is 1.21 bits per heavy atom. The Kier molecular flexibility index (Phi) is 5.48. The molecule has 0 aromatic heterocycles. The normalized spacial score (nSPS) is 10.4. The van der Waals surface area contributed by atoms with E-state index in [0.717, 1.165) is 16.8 Å². The van der Waals surface area contributed by atoms with Crippen LogP contribution >= 0.6 is 12.2 Å². The van der Waals surface area contributed by atoms with Crippen molar-refractivity contribution in [3.8, 4) is 0 Å². The molecule has 0 heterocycles. The van der Waals surface area contributed by atoms with Gasteiger partial charge in [0, 0.05) is 12.1 Å². The topological polar surface area (TPSA) is 41.1 Å². The third-order valence-corrected chi connectivity index (χ3v) is 2.97. The minimum atomic E-state index is -0.0464. The zero-order chi connectivity index (χ0) is 14.6. The summed E-state index contributed by atoms with van der Waals surface area (Å²) >= 11 is 5.17. The monoisotopic (exact) mass is 278 g/mol. The van der Waals surface area contributed by atoms with Gasteiger partial charge in [-0.25, -0.2) is 0 Å². The van der Waals surface area contributed by atoms with E-state index in [1.54, 1.807) is 0 Å². The number of amides is 1. The Labute approximate surface area is 120 Å². The van der Waals surface area contributed by atoms with Gasteiger partial charge in [0.25, 0.3) is 0 Å². The molecule has 3 nitrogen and oxygen atoms in total. The van der Waals surface area contributed by atoms with Crippen LogP contribution in [0, 0.1) is 26.7 Å². The van der Waals surface area contributed by atoms with Crippen molar-refractivity contribution in [2.24, 2.45) is 5.92 Å². The number of nitrogens with one attached hydrogen (secondary N) is 2. The van der Waals surface area contributed by atoms with Gasteiger partial charge in [0.1, 0.15) is 0 Å². The Morgan fingerprint density at radius 2 is 1.74 bits per heavy atom. The number of aryl methyl sites for hydroxylation is 3. The van der Waals surface area contributed by atoms with Gasteiger partial charge in [0.2, 0.25) is 5.91 Å². The van der Waals surface area contributed by atoms with Crippen LogP contribution in [0.15, 0.2) is 12.1 Å². The molecular formula is C15H22N2OS. The highest BCUT2D eigenvalue weighted by atomic mass is 32.1. The largest absolute Gasteiger partial charge is 0.332 e. The van der Waals surface area contributed by atoms with Gasteiger partial charge in [-0.15, -0.1) is 0 Å². The maximum Gasteiger partial charge on any atom is 0.226 e. The summed E-state index contributed by atoms with van der Waals surface area (Å²) in [7, 11) is 0. The van der Waals surface area contributed by atoms with E-state index in [1.807, 2.05) is 27.7 Å². The number of anilines is 1. The Hall–Kier alpha value is -1.42. The third-order valence-electron chi connectivity index (χ3n) is 2.76. The van der Waals surface area contributed by atoms with Crippen molar-refractivity contribution in [1.82, 2.24) is 5.32 Å². The van der Waals surface area contributed by atoms with Crippen LogP contribution in [0.4, 0.5) is 5.69 Å². The molecule has 0 radical (unpaired) electrons. The van der Waals surface area contributed by atoms with E-state index in [0.29, 0.717) is 17.5 Å². The lowest BCUT2D eigenvalue weighted by Gasteiger charge is -2.15. The van der Waals surface area contributed by atoms with E-state index in [2.05, 4.69) is 29.7 Å². The van der Waals surface area contributed by atoms with Crippen LogP contribution in [0.1, 0.15) is 37.0 Å². The first kappa shape index (κ1) is 15.6. The Balaban J connectivity index is 2.70. The van der Waals surface area contributed by atoms with Crippen LogP contribution in [0.5, 0.6) is 0 Å². The highest BCUT2D eigenvalue weighted by Crippen LogP contribution is 2.21. The van der Waals surface area contributed by atoms with Crippen molar-refractivity contribution < 1.29 is 4.79 Å². The molecule has 0 aliphatic heterocycles. The molecule has 0 saturated heterocycles. The summed E-state index contributed by atoms with van der Waals surface area (Å²) in [6, 6.07) is 4.18. The molecule has 19 heavy (non-hydrogen) atoms. The lowest BCUT2D eigenvalue weighted by atomic mass is 10.1. The molecule has 1 amide bonds. The second kappa shape index (κ2) is 6.66. The summed E-state index contributed by atoms with van der Waals surface area (Å²) in [4.78, 5) is 11.6. The van der Waals surface area contributed by atoms with E-state index >= 15 is 0 Å². The number of rotatable bonds is 3.